The van der Waals surface area contributed by atoms with Gasteiger partial charge in [-0.05, 0) is 53.1 Å². The van der Waals surface area contributed by atoms with Crippen LogP contribution in [0.2, 0.25) is 0 Å². The maximum absolute atomic E-state index is 12.4. The maximum atomic E-state index is 12.4. The lowest BCUT2D eigenvalue weighted by Crippen LogP contribution is -2.48. The Bertz CT molecular complexity index is 261. The zero-order valence-electron chi connectivity index (χ0n) is 10.1. The number of carbonyl (C=O) groups is 1. The molecule has 0 saturated carbocycles. The minimum Gasteiger partial charge on any atom is -0.337 e. The molecule has 0 atom stereocenters. The molecular weight excluding hydrogens is 188 g/mol. The van der Waals surface area contributed by atoms with E-state index in [9.17, 15) is 4.79 Å². The number of amides is 1. The molecule has 2 aliphatic heterocycles. The zero-order valence-corrected chi connectivity index (χ0v) is 10.1. The molecule has 3 heteroatoms. The monoisotopic (exact) mass is 210 g/mol. The molecular formula is C12H22N2O. The molecule has 0 aromatic carbocycles. The third kappa shape index (κ3) is 1.78. The molecule has 0 aliphatic carbocycles. The van der Waals surface area contributed by atoms with Gasteiger partial charge in [0.25, 0.3) is 0 Å². The van der Waals surface area contributed by atoms with E-state index < -0.39 is 0 Å². The van der Waals surface area contributed by atoms with Crippen LogP contribution in [0.25, 0.3) is 0 Å². The van der Waals surface area contributed by atoms with Gasteiger partial charge in [-0.2, -0.15) is 0 Å². The highest BCUT2D eigenvalue weighted by Crippen LogP contribution is 2.42. The molecule has 1 amide bonds. The third-order valence-corrected chi connectivity index (χ3v) is 3.88. The highest BCUT2D eigenvalue weighted by atomic mass is 16.2. The molecule has 1 spiro atoms. The van der Waals surface area contributed by atoms with E-state index in [2.05, 4.69) is 31.0 Å². The summed E-state index contributed by atoms with van der Waals surface area (Å²) in [7, 11) is 0. The Kier molecular flexibility index (Phi) is 2.53. The molecule has 2 aliphatic rings. The number of hydrogen-bond donors (Lipinski definition) is 1. The van der Waals surface area contributed by atoms with Gasteiger partial charge in [0.2, 0.25) is 5.91 Å². The van der Waals surface area contributed by atoms with Gasteiger partial charge in [0, 0.05) is 12.1 Å². The first-order valence-corrected chi connectivity index (χ1v) is 5.99. The van der Waals surface area contributed by atoms with Crippen LogP contribution in [-0.4, -0.2) is 36.0 Å². The predicted octanol–water partition coefficient (Wildman–Crippen LogP) is 1.39. The molecule has 2 saturated heterocycles. The normalized spacial score (nSPS) is 26.3. The van der Waals surface area contributed by atoms with E-state index in [4.69, 9.17) is 0 Å². The van der Waals surface area contributed by atoms with E-state index in [0.717, 1.165) is 38.9 Å². The van der Waals surface area contributed by atoms with Crippen LogP contribution in [0.4, 0.5) is 0 Å². The minimum absolute atomic E-state index is 0.00847. The van der Waals surface area contributed by atoms with Crippen molar-refractivity contribution >= 4 is 5.91 Å². The Balaban J connectivity index is 2.16. The molecule has 3 nitrogen and oxygen atoms in total. The fourth-order valence-electron chi connectivity index (χ4n) is 2.83. The summed E-state index contributed by atoms with van der Waals surface area (Å²) in [5, 5.41) is 3.34. The van der Waals surface area contributed by atoms with Gasteiger partial charge in [-0.25, -0.2) is 0 Å². The Hall–Kier alpha value is -0.570. The number of likely N-dealkylation sites (tertiary alicyclic amines) is 1. The van der Waals surface area contributed by atoms with Crippen molar-refractivity contribution in [2.75, 3.05) is 19.6 Å². The van der Waals surface area contributed by atoms with Crippen molar-refractivity contribution in [1.82, 2.24) is 10.2 Å². The van der Waals surface area contributed by atoms with Gasteiger partial charge in [-0.15, -0.1) is 0 Å². The molecule has 2 heterocycles. The summed E-state index contributed by atoms with van der Waals surface area (Å²) in [4.78, 5) is 14.5. The summed E-state index contributed by atoms with van der Waals surface area (Å²) < 4.78 is 0. The summed E-state index contributed by atoms with van der Waals surface area (Å²) in [6.07, 6.45) is 3.11. The average Bonchev–Trinajstić information content (AvgIpc) is 2.45. The Morgan fingerprint density at radius 3 is 2.27 bits per heavy atom. The number of rotatable bonds is 0. The molecule has 1 N–H and O–H groups in total. The lowest BCUT2D eigenvalue weighted by atomic mass is 9.77. The number of nitrogens with one attached hydrogen (secondary N) is 1. The van der Waals surface area contributed by atoms with E-state index in [1.807, 2.05) is 0 Å². The number of carbonyl (C=O) groups excluding carboxylic acids is 1. The third-order valence-electron chi connectivity index (χ3n) is 3.88. The molecule has 15 heavy (non-hydrogen) atoms. The first-order chi connectivity index (χ1) is 6.96. The topological polar surface area (TPSA) is 32.3 Å². The van der Waals surface area contributed by atoms with Crippen molar-refractivity contribution in [1.29, 1.82) is 0 Å². The summed E-state index contributed by atoms with van der Waals surface area (Å²) in [6, 6.07) is 0. The van der Waals surface area contributed by atoms with Crippen molar-refractivity contribution in [3.63, 3.8) is 0 Å². The van der Waals surface area contributed by atoms with E-state index in [-0.39, 0.29) is 11.0 Å². The van der Waals surface area contributed by atoms with Gasteiger partial charge >= 0.3 is 0 Å². The quantitative estimate of drug-likeness (QED) is 0.655. The Morgan fingerprint density at radius 2 is 1.80 bits per heavy atom. The summed E-state index contributed by atoms with van der Waals surface area (Å²) in [6.45, 7) is 9.34. The van der Waals surface area contributed by atoms with E-state index in [1.54, 1.807) is 0 Å². The molecule has 0 aromatic rings. The summed E-state index contributed by atoms with van der Waals surface area (Å²) in [5.41, 5.74) is -0.0238. The molecule has 0 bridgehead atoms. The van der Waals surface area contributed by atoms with Crippen LogP contribution in [0, 0.1) is 5.41 Å². The highest BCUT2D eigenvalue weighted by molar-refractivity contribution is 5.85. The zero-order chi connectivity index (χ0) is 11.1. The Morgan fingerprint density at radius 1 is 1.20 bits per heavy atom. The lowest BCUT2D eigenvalue weighted by Gasteiger charge is -2.36. The molecule has 2 fully saturated rings. The molecule has 2 rings (SSSR count). The van der Waals surface area contributed by atoms with Crippen molar-refractivity contribution in [2.45, 2.75) is 45.6 Å². The van der Waals surface area contributed by atoms with Gasteiger partial charge in [0.05, 0.1) is 5.41 Å². The van der Waals surface area contributed by atoms with E-state index >= 15 is 0 Å². The Labute approximate surface area is 92.2 Å². The van der Waals surface area contributed by atoms with Crippen LogP contribution in [-0.2, 0) is 4.79 Å². The standard InChI is InChI=1S/C12H22N2O/c1-11(2,3)14-9-6-12(10(14)15)4-7-13-8-5-12/h13H,4-9H2,1-3H3. The van der Waals surface area contributed by atoms with Crippen LogP contribution >= 0.6 is 0 Å². The summed E-state index contributed by atoms with van der Waals surface area (Å²) in [5.74, 6) is 0.400. The van der Waals surface area contributed by atoms with Crippen molar-refractivity contribution in [3.05, 3.63) is 0 Å². The van der Waals surface area contributed by atoms with Crippen LogP contribution in [0.5, 0.6) is 0 Å². The van der Waals surface area contributed by atoms with Gasteiger partial charge in [-0.1, -0.05) is 0 Å². The first-order valence-electron chi connectivity index (χ1n) is 5.99. The smallest absolute Gasteiger partial charge is 0.229 e. The number of piperidine rings is 1. The van der Waals surface area contributed by atoms with Crippen molar-refractivity contribution < 1.29 is 4.79 Å². The second-order valence-electron chi connectivity index (χ2n) is 5.91. The highest BCUT2D eigenvalue weighted by Gasteiger charge is 2.49. The van der Waals surface area contributed by atoms with Crippen molar-refractivity contribution in [3.8, 4) is 0 Å². The molecule has 0 aromatic heterocycles. The van der Waals surface area contributed by atoms with Gasteiger partial charge in [0.1, 0.15) is 0 Å². The molecule has 86 valence electrons. The largest absolute Gasteiger partial charge is 0.337 e. The fourth-order valence-corrected chi connectivity index (χ4v) is 2.83. The number of nitrogens with zero attached hydrogens (tertiary/aromatic N) is 1. The average molecular weight is 210 g/mol. The first kappa shape index (κ1) is 10.9. The van der Waals surface area contributed by atoms with Gasteiger partial charge < -0.3 is 10.2 Å². The maximum Gasteiger partial charge on any atom is 0.229 e. The molecule has 0 unspecified atom stereocenters. The van der Waals surface area contributed by atoms with Crippen LogP contribution in [0.1, 0.15) is 40.0 Å². The molecule has 0 radical (unpaired) electrons. The minimum atomic E-state index is -0.0153. The second-order valence-corrected chi connectivity index (χ2v) is 5.91. The van der Waals surface area contributed by atoms with Crippen LogP contribution in [0.15, 0.2) is 0 Å². The van der Waals surface area contributed by atoms with E-state index in [0.29, 0.717) is 5.91 Å². The van der Waals surface area contributed by atoms with Gasteiger partial charge in [-0.3, -0.25) is 4.79 Å². The van der Waals surface area contributed by atoms with Gasteiger partial charge in [0.15, 0.2) is 0 Å². The van der Waals surface area contributed by atoms with Crippen LogP contribution in [0.3, 0.4) is 0 Å². The fraction of sp³-hybridized carbons (Fsp3) is 0.917. The van der Waals surface area contributed by atoms with Crippen LogP contribution < -0.4 is 5.32 Å². The lowest BCUT2D eigenvalue weighted by molar-refractivity contribution is -0.141. The summed E-state index contributed by atoms with van der Waals surface area (Å²) >= 11 is 0. The van der Waals surface area contributed by atoms with E-state index in [1.165, 1.54) is 0 Å². The SMILES string of the molecule is CC(C)(C)N1CCC2(CCNCC2)C1=O. The predicted molar refractivity (Wildman–Crippen MR) is 60.6 cm³/mol. The van der Waals surface area contributed by atoms with Crippen molar-refractivity contribution in [2.24, 2.45) is 5.41 Å². The second kappa shape index (κ2) is 3.48. The number of hydrogen-bond acceptors (Lipinski definition) is 2.